The van der Waals surface area contributed by atoms with E-state index in [-0.39, 0.29) is 12.8 Å². The van der Waals surface area contributed by atoms with Crippen molar-refractivity contribution < 1.29 is 29.6 Å². The van der Waals surface area contributed by atoms with Crippen LogP contribution in [-0.4, -0.2) is 28.9 Å². The highest BCUT2D eigenvalue weighted by molar-refractivity contribution is 5.67. The third kappa shape index (κ3) is 18.1. The first-order valence-corrected chi connectivity index (χ1v) is 3.81. The Kier molecular flexibility index (Phi) is 6.85. The lowest BCUT2D eigenvalue weighted by atomic mass is 10.2. The van der Waals surface area contributed by atoms with Crippen LogP contribution in [0.5, 0.6) is 0 Å². The van der Waals surface area contributed by atoms with E-state index in [2.05, 4.69) is 9.78 Å². The third-order valence-electron chi connectivity index (χ3n) is 1.15. The largest absolute Gasteiger partial charge is 0.481 e. The van der Waals surface area contributed by atoms with E-state index in [9.17, 15) is 9.59 Å². The van der Waals surface area contributed by atoms with Gasteiger partial charge >= 0.3 is 11.9 Å². The Morgan fingerprint density at radius 3 is 1.46 bits per heavy atom. The van der Waals surface area contributed by atoms with Crippen LogP contribution in [0.4, 0.5) is 0 Å². The molecule has 1 aliphatic heterocycles. The Balaban J connectivity index is 0.000000396. The minimum atomic E-state index is -0.870. The number of carbonyl (C=O) groups is 2. The van der Waals surface area contributed by atoms with Crippen molar-refractivity contribution in [2.75, 3.05) is 6.79 Å². The molecule has 1 heterocycles. The van der Waals surface area contributed by atoms with Gasteiger partial charge in [0.15, 0.2) is 0 Å². The van der Waals surface area contributed by atoms with Gasteiger partial charge in [0, 0.05) is 12.8 Å². The van der Waals surface area contributed by atoms with Gasteiger partial charge in [-0.2, -0.15) is 0 Å². The molecule has 0 aromatic heterocycles. The average Bonchev–Trinajstić information content (AvgIpc) is 2.82. The molecule has 13 heavy (non-hydrogen) atoms. The summed E-state index contributed by atoms with van der Waals surface area (Å²) in [6, 6.07) is 0. The topological polar surface area (TPSA) is 99.7 Å². The van der Waals surface area contributed by atoms with E-state index in [1.807, 2.05) is 0 Å². The number of carboxylic acids is 2. The molecule has 0 unspecified atom stereocenters. The first-order valence-electron chi connectivity index (χ1n) is 3.81. The summed E-state index contributed by atoms with van der Waals surface area (Å²) in [7, 11) is 0. The van der Waals surface area contributed by atoms with Crippen LogP contribution in [0.25, 0.3) is 0 Å². The van der Waals surface area contributed by atoms with Crippen molar-refractivity contribution in [2.24, 2.45) is 0 Å². The molecule has 0 atom stereocenters. The van der Waals surface area contributed by atoms with E-state index >= 15 is 0 Å². The van der Waals surface area contributed by atoms with Crippen LogP contribution >= 0.6 is 0 Å². The molecule has 0 aromatic rings. The molecule has 1 saturated heterocycles. The van der Waals surface area contributed by atoms with Crippen molar-refractivity contribution >= 4 is 11.9 Å². The highest BCUT2D eigenvalue weighted by atomic mass is 17.4. The molecule has 0 aliphatic carbocycles. The summed E-state index contributed by atoms with van der Waals surface area (Å²) >= 11 is 0. The second kappa shape index (κ2) is 7.51. The summed E-state index contributed by atoms with van der Waals surface area (Å²) in [5.74, 6) is -1.74. The third-order valence-corrected chi connectivity index (χ3v) is 1.15. The molecule has 0 bridgehead atoms. The van der Waals surface area contributed by atoms with E-state index in [4.69, 9.17) is 10.2 Å². The van der Waals surface area contributed by atoms with Gasteiger partial charge in [-0.25, -0.2) is 9.78 Å². The molecule has 6 heteroatoms. The maximum absolute atomic E-state index is 9.90. The Morgan fingerprint density at radius 1 is 1.00 bits per heavy atom. The molecule has 0 radical (unpaired) electrons. The normalized spacial score (nSPS) is 12.6. The lowest BCUT2D eigenvalue weighted by Crippen LogP contribution is -1.97. The van der Waals surface area contributed by atoms with Gasteiger partial charge in [-0.3, -0.25) is 9.59 Å². The maximum atomic E-state index is 9.90. The first kappa shape index (κ1) is 11.9. The van der Waals surface area contributed by atoms with Crippen molar-refractivity contribution in [2.45, 2.75) is 25.7 Å². The van der Waals surface area contributed by atoms with Gasteiger partial charge in [0.25, 0.3) is 0 Å². The fourth-order valence-corrected chi connectivity index (χ4v) is 0.552. The zero-order valence-corrected chi connectivity index (χ0v) is 7.06. The average molecular weight is 192 g/mol. The monoisotopic (exact) mass is 192 g/mol. The quantitative estimate of drug-likeness (QED) is 0.376. The summed E-state index contributed by atoms with van der Waals surface area (Å²) in [5.41, 5.74) is 0. The molecular formula is C7H12O6. The van der Waals surface area contributed by atoms with Crippen molar-refractivity contribution in [1.29, 1.82) is 0 Å². The van der Waals surface area contributed by atoms with Gasteiger partial charge in [0.05, 0.1) is 0 Å². The number of hydrogen-bond acceptors (Lipinski definition) is 4. The van der Waals surface area contributed by atoms with Gasteiger partial charge in [-0.15, -0.1) is 0 Å². The van der Waals surface area contributed by atoms with Gasteiger partial charge in [-0.1, -0.05) is 0 Å². The van der Waals surface area contributed by atoms with Crippen LogP contribution in [0, 0.1) is 0 Å². The Morgan fingerprint density at radius 2 is 1.31 bits per heavy atom. The standard InChI is InChI=1S/C6H10O4.CH2O2/c7-5(8)3-1-2-4-6(9)10;1-2-3-1/h1-4H2,(H,7,8)(H,9,10);1H2. The highest BCUT2D eigenvalue weighted by Crippen LogP contribution is 1.98. The molecular weight excluding hydrogens is 180 g/mol. The van der Waals surface area contributed by atoms with E-state index < -0.39 is 11.9 Å². The number of rotatable bonds is 5. The molecule has 0 amide bonds. The van der Waals surface area contributed by atoms with E-state index in [0.717, 1.165) is 0 Å². The lowest BCUT2D eigenvalue weighted by Gasteiger charge is -1.92. The molecule has 1 rings (SSSR count). The highest BCUT2D eigenvalue weighted by Gasteiger charge is 1.99. The van der Waals surface area contributed by atoms with Crippen LogP contribution in [0.15, 0.2) is 0 Å². The summed E-state index contributed by atoms with van der Waals surface area (Å²) in [6.45, 7) is 0.500. The van der Waals surface area contributed by atoms with Crippen molar-refractivity contribution in [1.82, 2.24) is 0 Å². The molecule has 76 valence electrons. The van der Waals surface area contributed by atoms with Gasteiger partial charge in [-0.05, 0) is 12.8 Å². The summed E-state index contributed by atoms with van der Waals surface area (Å²) in [6.07, 6.45) is 1.02. The minimum absolute atomic E-state index is 0.0628. The predicted octanol–water partition coefficient (Wildman–Crippen LogP) is 0.622. The molecule has 0 saturated carbocycles. The van der Waals surface area contributed by atoms with Gasteiger partial charge < -0.3 is 10.2 Å². The van der Waals surface area contributed by atoms with Crippen molar-refractivity contribution in [3.63, 3.8) is 0 Å². The lowest BCUT2D eigenvalue weighted by molar-refractivity contribution is -0.139. The zero-order chi connectivity index (χ0) is 10.1. The van der Waals surface area contributed by atoms with E-state index in [0.29, 0.717) is 19.6 Å². The summed E-state index contributed by atoms with van der Waals surface area (Å²) in [4.78, 5) is 27.8. The zero-order valence-electron chi connectivity index (χ0n) is 7.06. The Labute approximate surface area is 75.0 Å². The van der Waals surface area contributed by atoms with Gasteiger partial charge in [0.1, 0.15) is 0 Å². The van der Waals surface area contributed by atoms with Crippen LogP contribution in [0.3, 0.4) is 0 Å². The summed E-state index contributed by atoms with van der Waals surface area (Å²) < 4.78 is 0. The molecule has 0 spiro atoms. The number of aliphatic carboxylic acids is 2. The fourth-order valence-electron chi connectivity index (χ4n) is 0.552. The van der Waals surface area contributed by atoms with Crippen LogP contribution in [0.2, 0.25) is 0 Å². The van der Waals surface area contributed by atoms with Crippen LogP contribution < -0.4 is 0 Å². The van der Waals surface area contributed by atoms with Crippen LogP contribution in [-0.2, 0) is 19.4 Å². The number of hydrogen-bond donors (Lipinski definition) is 2. The molecule has 6 nitrogen and oxygen atoms in total. The second-order valence-corrected chi connectivity index (χ2v) is 2.35. The first-order chi connectivity index (χ1) is 6.13. The molecule has 1 fully saturated rings. The van der Waals surface area contributed by atoms with E-state index in [1.165, 1.54) is 0 Å². The van der Waals surface area contributed by atoms with Crippen LogP contribution in [0.1, 0.15) is 25.7 Å². The van der Waals surface area contributed by atoms with E-state index in [1.54, 1.807) is 0 Å². The maximum Gasteiger partial charge on any atom is 0.303 e. The Bertz CT molecular complexity index is 146. The minimum Gasteiger partial charge on any atom is -0.481 e. The smallest absolute Gasteiger partial charge is 0.303 e. The van der Waals surface area contributed by atoms with Gasteiger partial charge in [0.2, 0.25) is 6.79 Å². The SMILES string of the molecule is C1OO1.O=C(O)CCCCC(=O)O. The second-order valence-electron chi connectivity index (χ2n) is 2.35. The number of unbranched alkanes of at least 4 members (excludes halogenated alkanes) is 1. The molecule has 2 N–H and O–H groups in total. The fraction of sp³-hybridized carbons (Fsp3) is 0.714. The Hall–Kier alpha value is -1.14. The molecule has 1 aliphatic rings. The molecule has 0 aromatic carbocycles. The van der Waals surface area contributed by atoms with Crippen molar-refractivity contribution in [3.05, 3.63) is 0 Å². The number of carboxylic acid groups (broad SMARTS) is 2. The summed E-state index contributed by atoms with van der Waals surface area (Å²) in [5, 5.41) is 16.3. The predicted molar refractivity (Wildman–Crippen MR) is 40.8 cm³/mol. The van der Waals surface area contributed by atoms with Crippen molar-refractivity contribution in [3.8, 4) is 0 Å².